The minimum atomic E-state index is -0.331. The summed E-state index contributed by atoms with van der Waals surface area (Å²) in [5.41, 5.74) is 1.93. The van der Waals surface area contributed by atoms with Gasteiger partial charge in [-0.05, 0) is 29.7 Å². The molecule has 0 atom stereocenters. The lowest BCUT2D eigenvalue weighted by Gasteiger charge is -1.83. The molecule has 0 spiro atoms. The largest absolute Gasteiger partial charge is 0.504 e. The Morgan fingerprint density at radius 3 is 2.50 bits per heavy atom. The van der Waals surface area contributed by atoms with Crippen molar-refractivity contribution >= 4 is 5.57 Å². The Bertz CT molecular complexity index is 405. The Labute approximate surface area is 69.8 Å². The molecular formula is C10H8O2. The lowest BCUT2D eigenvalue weighted by Crippen LogP contribution is -1.91. The zero-order valence-corrected chi connectivity index (χ0v) is 6.45. The molecule has 1 aliphatic rings. The minimum absolute atomic E-state index is 0.192. The molecule has 1 aromatic rings. The summed E-state index contributed by atoms with van der Waals surface area (Å²) in [5.74, 6) is -0.192. The van der Waals surface area contributed by atoms with Gasteiger partial charge in [-0.3, -0.25) is 4.79 Å². The third-order valence-electron chi connectivity index (χ3n) is 1.87. The minimum Gasteiger partial charge on any atom is -0.504 e. The third-order valence-corrected chi connectivity index (χ3v) is 1.87. The van der Waals surface area contributed by atoms with Crippen LogP contribution >= 0.6 is 0 Å². The molecule has 0 heterocycles. The Morgan fingerprint density at radius 1 is 1.17 bits per heavy atom. The van der Waals surface area contributed by atoms with Gasteiger partial charge in [0.05, 0.1) is 0 Å². The monoisotopic (exact) mass is 160 g/mol. The summed E-state index contributed by atoms with van der Waals surface area (Å²) in [6, 6.07) is 6.33. The van der Waals surface area contributed by atoms with E-state index in [0.717, 1.165) is 12.0 Å². The molecule has 2 nitrogen and oxygen atoms in total. The Kier molecular flexibility index (Phi) is 1.47. The second-order valence-electron chi connectivity index (χ2n) is 2.80. The van der Waals surface area contributed by atoms with E-state index in [1.807, 2.05) is 0 Å². The summed E-state index contributed by atoms with van der Waals surface area (Å²) >= 11 is 0. The molecule has 0 amide bonds. The van der Waals surface area contributed by atoms with E-state index in [1.54, 1.807) is 12.1 Å². The average Bonchev–Trinajstić information content (AvgIpc) is 2.84. The molecule has 0 aromatic heterocycles. The first kappa shape index (κ1) is 7.10. The van der Waals surface area contributed by atoms with Gasteiger partial charge in [-0.15, -0.1) is 0 Å². The summed E-state index contributed by atoms with van der Waals surface area (Å²) in [5, 5.41) is 9.07. The number of allylic oxidation sites excluding steroid dienone is 2. The molecule has 0 unspecified atom stereocenters. The lowest BCUT2D eigenvalue weighted by molar-refractivity contribution is 0.471. The van der Waals surface area contributed by atoms with Crippen LogP contribution in [0.3, 0.4) is 0 Å². The third kappa shape index (κ3) is 1.23. The van der Waals surface area contributed by atoms with Crippen molar-refractivity contribution < 1.29 is 5.11 Å². The number of hydrogen-bond donors (Lipinski definition) is 1. The second kappa shape index (κ2) is 2.48. The van der Waals surface area contributed by atoms with E-state index in [2.05, 4.69) is 6.08 Å². The van der Waals surface area contributed by atoms with Crippen LogP contribution in [-0.2, 0) is 0 Å². The van der Waals surface area contributed by atoms with Crippen LogP contribution in [0.15, 0.2) is 35.1 Å². The molecule has 12 heavy (non-hydrogen) atoms. The Morgan fingerprint density at radius 2 is 1.83 bits per heavy atom. The predicted molar refractivity (Wildman–Crippen MR) is 47.0 cm³/mol. The molecule has 1 aliphatic carbocycles. The van der Waals surface area contributed by atoms with Gasteiger partial charge in [0.25, 0.3) is 0 Å². The Balaban J connectivity index is 2.57. The molecule has 0 aliphatic heterocycles. The molecule has 0 saturated heterocycles. The standard InChI is InChI=1S/C10H8O2/c11-9-5-3-8(7-1-2-7)4-6-10(9)12/h1,3-6H,2H2,(H,11,12). The topological polar surface area (TPSA) is 37.3 Å². The molecule has 0 bridgehead atoms. The molecule has 2 heteroatoms. The van der Waals surface area contributed by atoms with Gasteiger partial charge >= 0.3 is 0 Å². The zero-order valence-electron chi connectivity index (χ0n) is 6.45. The fourth-order valence-electron chi connectivity index (χ4n) is 1.06. The maximum absolute atomic E-state index is 10.9. The van der Waals surface area contributed by atoms with Crippen molar-refractivity contribution in [3.8, 4) is 5.75 Å². The summed E-state index contributed by atoms with van der Waals surface area (Å²) in [6.45, 7) is 0. The summed E-state index contributed by atoms with van der Waals surface area (Å²) in [6.07, 6.45) is 3.08. The number of aromatic hydroxyl groups is 1. The van der Waals surface area contributed by atoms with Gasteiger partial charge < -0.3 is 5.11 Å². The SMILES string of the molecule is O=c1ccc(C2=CC2)ccc1O. The van der Waals surface area contributed by atoms with Crippen LogP contribution in [0.25, 0.3) is 5.57 Å². The van der Waals surface area contributed by atoms with Crippen molar-refractivity contribution in [1.29, 1.82) is 0 Å². The quantitative estimate of drug-likeness (QED) is 0.676. The van der Waals surface area contributed by atoms with Gasteiger partial charge in [-0.1, -0.05) is 18.2 Å². The Hall–Kier alpha value is -1.57. The van der Waals surface area contributed by atoms with E-state index in [4.69, 9.17) is 5.11 Å². The van der Waals surface area contributed by atoms with Crippen LogP contribution in [0.5, 0.6) is 5.75 Å². The highest BCUT2D eigenvalue weighted by Gasteiger charge is 2.08. The van der Waals surface area contributed by atoms with Gasteiger partial charge in [0, 0.05) is 0 Å². The summed E-state index contributed by atoms with van der Waals surface area (Å²) in [4.78, 5) is 10.9. The van der Waals surface area contributed by atoms with Crippen LogP contribution < -0.4 is 5.43 Å². The van der Waals surface area contributed by atoms with Crippen LogP contribution in [-0.4, -0.2) is 5.11 Å². The van der Waals surface area contributed by atoms with Crippen molar-refractivity contribution in [1.82, 2.24) is 0 Å². The molecule has 1 N–H and O–H groups in total. The van der Waals surface area contributed by atoms with Crippen LogP contribution in [0, 0.1) is 0 Å². The van der Waals surface area contributed by atoms with Crippen molar-refractivity contribution in [2.45, 2.75) is 6.42 Å². The zero-order chi connectivity index (χ0) is 8.55. The van der Waals surface area contributed by atoms with Gasteiger partial charge in [0.1, 0.15) is 0 Å². The highest BCUT2D eigenvalue weighted by atomic mass is 16.3. The van der Waals surface area contributed by atoms with E-state index in [1.165, 1.54) is 17.7 Å². The van der Waals surface area contributed by atoms with E-state index in [-0.39, 0.29) is 11.2 Å². The van der Waals surface area contributed by atoms with Crippen molar-refractivity contribution in [2.24, 2.45) is 0 Å². The van der Waals surface area contributed by atoms with Crippen molar-refractivity contribution in [3.05, 3.63) is 46.1 Å². The summed E-state index contributed by atoms with van der Waals surface area (Å²) < 4.78 is 0. The van der Waals surface area contributed by atoms with E-state index in [9.17, 15) is 4.79 Å². The molecule has 60 valence electrons. The normalized spacial score (nSPS) is 13.8. The van der Waals surface area contributed by atoms with Gasteiger partial charge in [-0.2, -0.15) is 0 Å². The van der Waals surface area contributed by atoms with Crippen LogP contribution in [0.2, 0.25) is 0 Å². The fraction of sp³-hybridized carbons (Fsp3) is 0.100. The highest BCUT2D eigenvalue weighted by Crippen LogP contribution is 2.29. The van der Waals surface area contributed by atoms with Crippen LogP contribution in [0.1, 0.15) is 12.0 Å². The van der Waals surface area contributed by atoms with Crippen molar-refractivity contribution in [3.63, 3.8) is 0 Å². The molecule has 0 radical (unpaired) electrons. The first-order valence-corrected chi connectivity index (χ1v) is 3.80. The molecule has 0 saturated carbocycles. The highest BCUT2D eigenvalue weighted by molar-refractivity contribution is 5.77. The van der Waals surface area contributed by atoms with Gasteiger partial charge in [0.2, 0.25) is 5.43 Å². The van der Waals surface area contributed by atoms with Crippen molar-refractivity contribution in [2.75, 3.05) is 0 Å². The van der Waals surface area contributed by atoms with Gasteiger partial charge in [0.15, 0.2) is 5.75 Å². The lowest BCUT2D eigenvalue weighted by atomic mass is 10.2. The van der Waals surface area contributed by atoms with Gasteiger partial charge in [-0.25, -0.2) is 0 Å². The second-order valence-corrected chi connectivity index (χ2v) is 2.80. The fourth-order valence-corrected chi connectivity index (χ4v) is 1.06. The molecule has 0 fully saturated rings. The average molecular weight is 160 g/mol. The molecule has 2 rings (SSSR count). The summed E-state index contributed by atoms with van der Waals surface area (Å²) in [7, 11) is 0. The molecular weight excluding hydrogens is 152 g/mol. The number of hydrogen-bond acceptors (Lipinski definition) is 2. The maximum Gasteiger partial charge on any atom is 0.220 e. The first-order valence-electron chi connectivity index (χ1n) is 3.80. The number of rotatable bonds is 1. The van der Waals surface area contributed by atoms with E-state index in [0.29, 0.717) is 0 Å². The molecule has 1 aromatic carbocycles. The van der Waals surface area contributed by atoms with E-state index >= 15 is 0 Å². The smallest absolute Gasteiger partial charge is 0.220 e. The maximum atomic E-state index is 10.9. The first-order chi connectivity index (χ1) is 5.77. The van der Waals surface area contributed by atoms with Crippen LogP contribution in [0.4, 0.5) is 0 Å². The predicted octanol–water partition coefficient (Wildman–Crippen LogP) is 1.54. The van der Waals surface area contributed by atoms with E-state index < -0.39 is 0 Å².